The molecule has 9 heteroatoms. The van der Waals surface area contributed by atoms with E-state index in [1.165, 1.54) is 12.1 Å². The van der Waals surface area contributed by atoms with Gasteiger partial charge in [-0.2, -0.15) is 18.2 Å². The maximum atomic E-state index is 12.8. The Morgan fingerprint density at radius 3 is 2.44 bits per heavy atom. The van der Waals surface area contributed by atoms with Gasteiger partial charge in [0.25, 0.3) is 0 Å². The highest BCUT2D eigenvalue weighted by molar-refractivity contribution is 5.77. The number of nitrogens with zero attached hydrogens (tertiary/aromatic N) is 2. The normalized spacial score (nSPS) is 13.5. The minimum Gasteiger partial charge on any atom is -0.367 e. The number of nitrogens with one attached hydrogen (secondary N) is 1. The van der Waals surface area contributed by atoms with Crippen LogP contribution in [0.25, 0.3) is 11.4 Å². The van der Waals surface area contributed by atoms with E-state index in [1.54, 1.807) is 0 Å². The van der Waals surface area contributed by atoms with Crippen molar-refractivity contribution in [2.24, 2.45) is 5.92 Å². The van der Waals surface area contributed by atoms with Gasteiger partial charge in [-0.05, 0) is 23.6 Å². The Labute approximate surface area is 183 Å². The molecule has 6 nitrogen and oxygen atoms in total. The second kappa shape index (κ2) is 10.4. The molecule has 3 aromatic rings. The molecule has 0 saturated heterocycles. The van der Waals surface area contributed by atoms with Crippen molar-refractivity contribution < 1.29 is 27.2 Å². The minimum atomic E-state index is -4.42. The summed E-state index contributed by atoms with van der Waals surface area (Å²) >= 11 is 0. The second-order valence-corrected chi connectivity index (χ2v) is 7.44. The van der Waals surface area contributed by atoms with E-state index in [9.17, 15) is 18.0 Å². The highest BCUT2D eigenvalue weighted by atomic mass is 19.4. The quantitative estimate of drug-likeness (QED) is 0.489. The largest absolute Gasteiger partial charge is 0.416 e. The number of halogens is 3. The third-order valence-electron chi connectivity index (χ3n) is 5.05. The van der Waals surface area contributed by atoms with Crippen LogP contribution in [0.2, 0.25) is 0 Å². The van der Waals surface area contributed by atoms with Crippen LogP contribution in [0.4, 0.5) is 13.2 Å². The third-order valence-corrected chi connectivity index (χ3v) is 5.05. The number of rotatable bonds is 9. The highest BCUT2D eigenvalue weighted by Crippen LogP contribution is 2.31. The lowest BCUT2D eigenvalue weighted by Gasteiger charge is -2.20. The first-order chi connectivity index (χ1) is 15.3. The van der Waals surface area contributed by atoms with Gasteiger partial charge >= 0.3 is 6.18 Å². The molecule has 2 atom stereocenters. The molecule has 2 aromatic carbocycles. The van der Waals surface area contributed by atoms with Gasteiger partial charge < -0.3 is 14.6 Å². The van der Waals surface area contributed by atoms with Crippen LogP contribution in [0.15, 0.2) is 59.1 Å². The summed E-state index contributed by atoms with van der Waals surface area (Å²) < 4.78 is 49.1. The van der Waals surface area contributed by atoms with Crippen LogP contribution in [0, 0.1) is 5.92 Å². The van der Waals surface area contributed by atoms with Gasteiger partial charge in [-0.15, -0.1) is 0 Å². The predicted molar refractivity (Wildman–Crippen MR) is 111 cm³/mol. The average Bonchev–Trinajstić information content (AvgIpc) is 3.27. The third kappa shape index (κ3) is 6.16. The van der Waals surface area contributed by atoms with E-state index in [0.29, 0.717) is 12.2 Å². The van der Waals surface area contributed by atoms with Crippen LogP contribution in [0.5, 0.6) is 0 Å². The Morgan fingerprint density at radius 1 is 1.12 bits per heavy atom. The molecular weight excluding hydrogens is 423 g/mol. The fourth-order valence-electron chi connectivity index (χ4n) is 3.02. The van der Waals surface area contributed by atoms with Crippen LogP contribution in [-0.2, 0) is 22.3 Å². The number of aromatic nitrogens is 2. The van der Waals surface area contributed by atoms with Crippen molar-refractivity contribution in [1.82, 2.24) is 15.5 Å². The maximum Gasteiger partial charge on any atom is 0.416 e. The van der Waals surface area contributed by atoms with Crippen LogP contribution in [-0.4, -0.2) is 22.7 Å². The van der Waals surface area contributed by atoms with E-state index in [1.807, 2.05) is 44.2 Å². The SMILES string of the molecule is CC[C@@H](C)[C@H](NC(=O)COCc1ccccc1)c1nc(-c2ccc(C(F)(F)F)cc2)no1. The smallest absolute Gasteiger partial charge is 0.367 e. The molecule has 3 rings (SSSR count). The minimum absolute atomic E-state index is 0.0195. The van der Waals surface area contributed by atoms with Gasteiger partial charge in [0.2, 0.25) is 17.6 Å². The molecule has 0 aliphatic heterocycles. The van der Waals surface area contributed by atoms with Crippen LogP contribution < -0.4 is 5.32 Å². The monoisotopic (exact) mass is 447 g/mol. The molecule has 1 aromatic heterocycles. The zero-order chi connectivity index (χ0) is 23.1. The molecule has 1 amide bonds. The number of carbonyl (C=O) groups is 1. The highest BCUT2D eigenvalue weighted by Gasteiger charge is 2.30. The summed E-state index contributed by atoms with van der Waals surface area (Å²) in [5, 5.41) is 6.73. The van der Waals surface area contributed by atoms with Gasteiger partial charge in [0.1, 0.15) is 12.6 Å². The van der Waals surface area contributed by atoms with E-state index >= 15 is 0 Å². The van der Waals surface area contributed by atoms with Crippen LogP contribution in [0.1, 0.15) is 43.3 Å². The van der Waals surface area contributed by atoms with E-state index in [4.69, 9.17) is 9.26 Å². The van der Waals surface area contributed by atoms with Crippen LogP contribution in [0.3, 0.4) is 0 Å². The Bertz CT molecular complexity index is 1000. The van der Waals surface area contributed by atoms with E-state index in [-0.39, 0.29) is 30.1 Å². The number of ether oxygens (including phenoxy) is 1. The molecule has 170 valence electrons. The Balaban J connectivity index is 1.66. The number of hydrogen-bond donors (Lipinski definition) is 1. The molecule has 0 spiro atoms. The van der Waals surface area contributed by atoms with Crippen molar-refractivity contribution in [3.8, 4) is 11.4 Å². The molecule has 0 saturated carbocycles. The molecule has 0 unspecified atom stereocenters. The Hall–Kier alpha value is -3.20. The summed E-state index contributed by atoms with van der Waals surface area (Å²) in [6.45, 7) is 4.06. The fraction of sp³-hybridized carbons (Fsp3) is 0.348. The lowest BCUT2D eigenvalue weighted by atomic mass is 9.99. The molecular formula is C23H24F3N3O3. The van der Waals surface area contributed by atoms with Gasteiger partial charge in [-0.3, -0.25) is 4.79 Å². The fourth-order valence-corrected chi connectivity index (χ4v) is 3.02. The number of alkyl halides is 3. The molecule has 1 heterocycles. The van der Waals surface area contributed by atoms with Crippen LogP contribution >= 0.6 is 0 Å². The molecule has 0 aliphatic rings. The van der Waals surface area contributed by atoms with Crippen molar-refractivity contribution in [2.75, 3.05) is 6.61 Å². The summed E-state index contributed by atoms with van der Waals surface area (Å²) in [7, 11) is 0. The molecule has 32 heavy (non-hydrogen) atoms. The first-order valence-corrected chi connectivity index (χ1v) is 10.2. The summed E-state index contributed by atoms with van der Waals surface area (Å²) in [5.41, 5.74) is 0.579. The summed E-state index contributed by atoms with van der Waals surface area (Å²) in [5.74, 6) is -0.0169. The van der Waals surface area contributed by atoms with E-state index in [0.717, 1.165) is 24.1 Å². The predicted octanol–water partition coefficient (Wildman–Crippen LogP) is 5.18. The summed E-state index contributed by atoms with van der Waals surface area (Å²) in [6, 6.07) is 13.4. The Kier molecular flexibility index (Phi) is 7.63. The van der Waals surface area contributed by atoms with Crippen molar-refractivity contribution in [2.45, 2.75) is 39.1 Å². The summed E-state index contributed by atoms with van der Waals surface area (Å²) in [4.78, 5) is 16.7. The van der Waals surface area contributed by atoms with Gasteiger partial charge in [-0.1, -0.05) is 67.9 Å². The first-order valence-electron chi connectivity index (χ1n) is 10.2. The van der Waals surface area contributed by atoms with Gasteiger partial charge in [-0.25, -0.2) is 0 Å². The molecule has 1 N–H and O–H groups in total. The average molecular weight is 447 g/mol. The van der Waals surface area contributed by atoms with E-state index < -0.39 is 17.8 Å². The molecule has 0 fully saturated rings. The Morgan fingerprint density at radius 2 is 1.81 bits per heavy atom. The van der Waals surface area contributed by atoms with Gasteiger partial charge in [0, 0.05) is 5.56 Å². The summed E-state index contributed by atoms with van der Waals surface area (Å²) in [6.07, 6.45) is -3.69. The molecule has 0 radical (unpaired) electrons. The number of benzene rings is 2. The van der Waals surface area contributed by atoms with Crippen molar-refractivity contribution >= 4 is 5.91 Å². The number of amides is 1. The lowest BCUT2D eigenvalue weighted by Crippen LogP contribution is -2.35. The zero-order valence-corrected chi connectivity index (χ0v) is 17.7. The topological polar surface area (TPSA) is 77.2 Å². The van der Waals surface area contributed by atoms with E-state index in [2.05, 4.69) is 15.5 Å². The van der Waals surface area contributed by atoms with Gasteiger partial charge in [0.15, 0.2) is 0 Å². The molecule has 0 aliphatic carbocycles. The number of carbonyl (C=O) groups excluding carboxylic acids is 1. The van der Waals surface area contributed by atoms with Crippen molar-refractivity contribution in [1.29, 1.82) is 0 Å². The molecule has 0 bridgehead atoms. The van der Waals surface area contributed by atoms with Crippen molar-refractivity contribution in [3.05, 3.63) is 71.6 Å². The van der Waals surface area contributed by atoms with Crippen molar-refractivity contribution in [3.63, 3.8) is 0 Å². The first kappa shape index (κ1) is 23.5. The second-order valence-electron chi connectivity index (χ2n) is 7.44. The zero-order valence-electron chi connectivity index (χ0n) is 17.7. The maximum absolute atomic E-state index is 12.8. The van der Waals surface area contributed by atoms with Gasteiger partial charge in [0.05, 0.1) is 12.2 Å². The number of hydrogen-bond acceptors (Lipinski definition) is 5. The standard InChI is InChI=1S/C23H24F3N3O3/c1-3-15(2)20(27-19(30)14-31-13-16-7-5-4-6-8-16)22-28-21(29-32-22)17-9-11-18(12-10-17)23(24,25)26/h4-12,15,20H,3,13-14H2,1-2H3,(H,27,30)/t15-,20+/m1/s1. The lowest BCUT2D eigenvalue weighted by molar-refractivity contribution is -0.137.